The van der Waals surface area contributed by atoms with Crippen LogP contribution in [0.1, 0.15) is 22.0 Å². The summed E-state index contributed by atoms with van der Waals surface area (Å²) < 4.78 is 5.83. The summed E-state index contributed by atoms with van der Waals surface area (Å²) in [5.74, 6) is -0.303. The molecule has 1 heterocycles. The Morgan fingerprint density at radius 3 is 2.67 bits per heavy atom. The van der Waals surface area contributed by atoms with E-state index in [2.05, 4.69) is 0 Å². The maximum atomic E-state index is 12.8. The molecule has 1 aliphatic rings. The van der Waals surface area contributed by atoms with Gasteiger partial charge in [-0.15, -0.1) is 11.6 Å². The molecule has 0 fully saturated rings. The number of rotatable bonds is 4. The van der Waals surface area contributed by atoms with Crippen molar-refractivity contribution >= 4 is 29.0 Å². The van der Waals surface area contributed by atoms with E-state index in [0.29, 0.717) is 22.6 Å². The van der Waals surface area contributed by atoms with Gasteiger partial charge < -0.3 is 4.74 Å². The predicted molar refractivity (Wildman–Crippen MR) is 89.3 cm³/mol. The molecule has 0 bridgehead atoms. The van der Waals surface area contributed by atoms with Crippen LogP contribution in [0.4, 0.5) is 5.69 Å². The van der Waals surface area contributed by atoms with Gasteiger partial charge in [0.25, 0.3) is 5.91 Å². The molecule has 0 spiro atoms. The number of hydrogen-bond acceptors (Lipinski definition) is 4. The molecule has 1 aliphatic heterocycles. The standard InChI is InChI=1S/C18H13ClN2O3/c19-11-15(22)13-6-7-16-14(10-13)21(9-8-20)18(23)17(24-16)12-4-2-1-3-5-12/h1-7,10,17H,9,11H2. The van der Waals surface area contributed by atoms with Gasteiger partial charge in [0.2, 0.25) is 6.10 Å². The lowest BCUT2D eigenvalue weighted by Gasteiger charge is -2.33. The number of benzene rings is 2. The Bertz CT molecular complexity index is 830. The van der Waals surface area contributed by atoms with E-state index in [9.17, 15) is 9.59 Å². The molecule has 0 saturated carbocycles. The number of halogens is 1. The van der Waals surface area contributed by atoms with Crippen molar-refractivity contribution in [2.24, 2.45) is 0 Å². The molecule has 0 aromatic heterocycles. The molecule has 1 amide bonds. The number of alkyl halides is 1. The number of carbonyl (C=O) groups excluding carboxylic acids is 2. The lowest BCUT2D eigenvalue weighted by Crippen LogP contribution is -2.41. The van der Waals surface area contributed by atoms with Crippen molar-refractivity contribution < 1.29 is 14.3 Å². The zero-order valence-electron chi connectivity index (χ0n) is 12.6. The van der Waals surface area contributed by atoms with Crippen LogP contribution in [0.3, 0.4) is 0 Å². The molecular weight excluding hydrogens is 328 g/mol. The van der Waals surface area contributed by atoms with Crippen LogP contribution >= 0.6 is 11.6 Å². The van der Waals surface area contributed by atoms with Crippen LogP contribution in [0, 0.1) is 11.3 Å². The summed E-state index contributed by atoms with van der Waals surface area (Å²) in [5, 5.41) is 9.07. The number of Topliss-reactive ketones (excluding diaryl/α,β-unsaturated/α-hetero) is 1. The van der Waals surface area contributed by atoms with E-state index in [1.807, 2.05) is 24.3 Å². The van der Waals surface area contributed by atoms with E-state index < -0.39 is 6.10 Å². The van der Waals surface area contributed by atoms with Gasteiger partial charge in [0, 0.05) is 11.1 Å². The Morgan fingerprint density at radius 2 is 2.00 bits per heavy atom. The van der Waals surface area contributed by atoms with E-state index in [4.69, 9.17) is 21.6 Å². The van der Waals surface area contributed by atoms with Crippen molar-refractivity contribution in [1.29, 1.82) is 5.26 Å². The molecule has 0 saturated heterocycles. The first kappa shape index (κ1) is 16.0. The fraction of sp³-hybridized carbons (Fsp3) is 0.167. The molecule has 5 nitrogen and oxygen atoms in total. The summed E-state index contributed by atoms with van der Waals surface area (Å²) >= 11 is 5.59. The summed E-state index contributed by atoms with van der Waals surface area (Å²) in [4.78, 5) is 25.9. The highest BCUT2D eigenvalue weighted by molar-refractivity contribution is 6.30. The Balaban J connectivity index is 2.06. The average Bonchev–Trinajstić information content (AvgIpc) is 2.63. The molecule has 2 aromatic carbocycles. The van der Waals surface area contributed by atoms with Crippen LogP contribution < -0.4 is 9.64 Å². The largest absolute Gasteiger partial charge is 0.474 e. The first-order valence-corrected chi connectivity index (χ1v) is 7.82. The van der Waals surface area contributed by atoms with Crippen LogP contribution in [0.25, 0.3) is 0 Å². The fourth-order valence-corrected chi connectivity index (χ4v) is 2.74. The van der Waals surface area contributed by atoms with E-state index in [1.54, 1.807) is 24.3 Å². The van der Waals surface area contributed by atoms with E-state index in [1.165, 1.54) is 11.0 Å². The highest BCUT2D eigenvalue weighted by atomic mass is 35.5. The molecule has 3 rings (SSSR count). The highest BCUT2D eigenvalue weighted by Gasteiger charge is 2.35. The van der Waals surface area contributed by atoms with Gasteiger partial charge in [-0.1, -0.05) is 30.3 Å². The third-order valence-electron chi connectivity index (χ3n) is 3.76. The number of ether oxygens (including phenoxy) is 1. The Labute approximate surface area is 144 Å². The maximum absolute atomic E-state index is 12.8. The smallest absolute Gasteiger partial charge is 0.273 e. The third kappa shape index (κ3) is 2.84. The summed E-state index contributed by atoms with van der Waals surface area (Å²) in [7, 11) is 0. The van der Waals surface area contributed by atoms with E-state index >= 15 is 0 Å². The first-order chi connectivity index (χ1) is 11.7. The highest BCUT2D eigenvalue weighted by Crippen LogP contribution is 2.39. The SMILES string of the molecule is N#CCN1C(=O)C(c2ccccc2)Oc2ccc(C(=O)CCl)cc21. The van der Waals surface area contributed by atoms with Gasteiger partial charge >= 0.3 is 0 Å². The van der Waals surface area contributed by atoms with Crippen LogP contribution in [-0.4, -0.2) is 24.1 Å². The Hall–Kier alpha value is -2.84. The van der Waals surface area contributed by atoms with Crippen molar-refractivity contribution in [1.82, 2.24) is 0 Å². The third-order valence-corrected chi connectivity index (χ3v) is 4.00. The number of fused-ring (bicyclic) bond motifs is 1. The van der Waals surface area contributed by atoms with Gasteiger partial charge in [0.1, 0.15) is 12.3 Å². The molecule has 0 N–H and O–H groups in total. The van der Waals surface area contributed by atoms with E-state index in [0.717, 1.165) is 0 Å². The van der Waals surface area contributed by atoms with Crippen LogP contribution in [0.2, 0.25) is 0 Å². The minimum absolute atomic E-state index is 0.128. The van der Waals surface area contributed by atoms with Crippen LogP contribution in [0.5, 0.6) is 5.75 Å². The molecule has 6 heteroatoms. The van der Waals surface area contributed by atoms with Crippen LogP contribution in [0.15, 0.2) is 48.5 Å². The molecule has 0 radical (unpaired) electrons. The van der Waals surface area contributed by atoms with Gasteiger partial charge in [-0.2, -0.15) is 5.26 Å². The zero-order valence-corrected chi connectivity index (χ0v) is 13.4. The van der Waals surface area contributed by atoms with Gasteiger partial charge in [-0.25, -0.2) is 0 Å². The molecule has 1 atom stereocenters. The number of carbonyl (C=O) groups is 2. The summed E-state index contributed by atoms with van der Waals surface area (Å²) in [5.41, 5.74) is 1.49. The summed E-state index contributed by atoms with van der Waals surface area (Å²) in [6.07, 6.45) is -0.818. The minimum Gasteiger partial charge on any atom is -0.474 e. The van der Waals surface area contributed by atoms with Gasteiger partial charge in [0.05, 0.1) is 17.6 Å². The fourth-order valence-electron chi connectivity index (χ4n) is 2.59. The number of amides is 1. The number of ketones is 1. The second-order valence-corrected chi connectivity index (χ2v) is 5.50. The quantitative estimate of drug-likeness (QED) is 0.487. The van der Waals surface area contributed by atoms with E-state index in [-0.39, 0.29) is 24.1 Å². The van der Waals surface area contributed by atoms with Crippen molar-refractivity contribution in [2.75, 3.05) is 17.3 Å². The molecule has 1 unspecified atom stereocenters. The number of nitriles is 1. The zero-order chi connectivity index (χ0) is 17.1. The lowest BCUT2D eigenvalue weighted by atomic mass is 10.0. The number of hydrogen-bond donors (Lipinski definition) is 0. The number of nitrogens with zero attached hydrogens (tertiary/aromatic N) is 2. The first-order valence-electron chi connectivity index (χ1n) is 7.29. The summed E-state index contributed by atoms with van der Waals surface area (Å²) in [6.45, 7) is -0.128. The normalized spacial score (nSPS) is 16.1. The molecular formula is C18H13ClN2O3. The second kappa shape index (κ2) is 6.73. The maximum Gasteiger partial charge on any atom is 0.273 e. The molecule has 2 aromatic rings. The molecule has 0 aliphatic carbocycles. The summed E-state index contributed by atoms with van der Waals surface area (Å²) in [6, 6.07) is 15.8. The second-order valence-electron chi connectivity index (χ2n) is 5.23. The predicted octanol–water partition coefficient (Wildman–Crippen LogP) is 3.10. The topological polar surface area (TPSA) is 70.4 Å². The Morgan fingerprint density at radius 1 is 1.25 bits per heavy atom. The van der Waals surface area contributed by atoms with Crippen LogP contribution in [-0.2, 0) is 4.79 Å². The van der Waals surface area contributed by atoms with Gasteiger partial charge in [0.15, 0.2) is 5.78 Å². The molecule has 120 valence electrons. The van der Waals surface area contributed by atoms with Gasteiger partial charge in [-0.05, 0) is 18.2 Å². The van der Waals surface area contributed by atoms with Crippen molar-refractivity contribution in [2.45, 2.75) is 6.10 Å². The monoisotopic (exact) mass is 340 g/mol. The Kier molecular flexibility index (Phi) is 4.50. The van der Waals surface area contributed by atoms with Crippen molar-refractivity contribution in [3.63, 3.8) is 0 Å². The van der Waals surface area contributed by atoms with Crippen molar-refractivity contribution in [3.8, 4) is 11.8 Å². The molecule has 24 heavy (non-hydrogen) atoms. The number of anilines is 1. The minimum atomic E-state index is -0.818. The lowest BCUT2D eigenvalue weighted by molar-refractivity contribution is -0.126. The van der Waals surface area contributed by atoms with Crippen molar-refractivity contribution in [3.05, 3.63) is 59.7 Å². The van der Waals surface area contributed by atoms with Gasteiger partial charge in [-0.3, -0.25) is 14.5 Å². The average molecular weight is 341 g/mol.